The Hall–Kier alpha value is -7.56. The van der Waals surface area contributed by atoms with Crippen LogP contribution in [0.15, 0.2) is 206 Å². The van der Waals surface area contributed by atoms with E-state index in [9.17, 15) is 0 Å². The van der Waals surface area contributed by atoms with E-state index in [4.69, 9.17) is 19.9 Å². The molecule has 0 atom stereocenters. The molecule has 8 aromatic carbocycles. The average Bonchev–Trinajstić information content (AvgIpc) is 3.29. The molecule has 0 fully saturated rings. The second-order valence-electron chi connectivity index (χ2n) is 13.8. The summed E-state index contributed by atoms with van der Waals surface area (Å²) in [5.41, 5.74) is 12.6. The van der Waals surface area contributed by atoms with E-state index in [1.165, 1.54) is 16.5 Å². The minimum atomic E-state index is 0.628. The Balaban J connectivity index is 1.12. The van der Waals surface area contributed by atoms with Crippen molar-refractivity contribution in [2.75, 3.05) is 0 Å². The van der Waals surface area contributed by atoms with Crippen molar-refractivity contribution >= 4 is 21.7 Å². The summed E-state index contributed by atoms with van der Waals surface area (Å²) in [5, 5.41) is 3.47. The van der Waals surface area contributed by atoms with Gasteiger partial charge in [0.15, 0.2) is 17.5 Å². The van der Waals surface area contributed by atoms with Crippen molar-refractivity contribution in [1.82, 2.24) is 19.9 Å². The number of aromatic nitrogens is 4. The van der Waals surface area contributed by atoms with Crippen LogP contribution in [-0.4, -0.2) is 19.9 Å². The van der Waals surface area contributed by atoms with Gasteiger partial charge in [-0.05, 0) is 39.9 Å². The van der Waals surface area contributed by atoms with Crippen LogP contribution in [0.3, 0.4) is 0 Å². The van der Waals surface area contributed by atoms with Crippen molar-refractivity contribution in [1.29, 1.82) is 0 Å². The molecule has 0 aliphatic rings. The molecule has 56 heavy (non-hydrogen) atoms. The van der Waals surface area contributed by atoms with Gasteiger partial charge in [0.25, 0.3) is 0 Å². The molecule has 10 rings (SSSR count). The zero-order chi connectivity index (χ0) is 37.3. The monoisotopic (exact) mass is 714 g/mol. The van der Waals surface area contributed by atoms with Gasteiger partial charge in [-0.2, -0.15) is 0 Å². The predicted molar refractivity (Wildman–Crippen MR) is 231 cm³/mol. The highest BCUT2D eigenvalue weighted by atomic mass is 15.0. The number of para-hydroxylation sites is 1. The predicted octanol–water partition coefficient (Wildman–Crippen LogP) is 13.2. The fourth-order valence-electron chi connectivity index (χ4n) is 7.63. The van der Waals surface area contributed by atoms with Crippen molar-refractivity contribution in [2.24, 2.45) is 0 Å². The van der Waals surface area contributed by atoms with E-state index in [0.29, 0.717) is 17.5 Å². The highest BCUT2D eigenvalue weighted by Crippen LogP contribution is 2.41. The van der Waals surface area contributed by atoms with Crippen molar-refractivity contribution in [3.63, 3.8) is 0 Å². The largest absolute Gasteiger partial charge is 0.246 e. The number of hydrogen-bond donors (Lipinski definition) is 0. The number of hydrogen-bond acceptors (Lipinski definition) is 4. The third-order valence-electron chi connectivity index (χ3n) is 10.3. The third kappa shape index (κ3) is 6.19. The fourth-order valence-corrected chi connectivity index (χ4v) is 7.63. The molecule has 0 spiro atoms. The van der Waals surface area contributed by atoms with Gasteiger partial charge in [0.2, 0.25) is 0 Å². The van der Waals surface area contributed by atoms with Gasteiger partial charge >= 0.3 is 0 Å². The Morgan fingerprint density at radius 1 is 0.250 bits per heavy atom. The van der Waals surface area contributed by atoms with E-state index in [1.54, 1.807) is 0 Å². The van der Waals surface area contributed by atoms with Crippen LogP contribution in [0.2, 0.25) is 0 Å². The molecule has 262 valence electrons. The van der Waals surface area contributed by atoms with E-state index in [0.717, 1.165) is 66.5 Å². The molecule has 4 nitrogen and oxygen atoms in total. The quantitative estimate of drug-likeness (QED) is 0.154. The molecule has 0 saturated heterocycles. The van der Waals surface area contributed by atoms with Gasteiger partial charge in [-0.15, -0.1) is 0 Å². The number of fused-ring (bicyclic) bond motifs is 3. The van der Waals surface area contributed by atoms with Crippen LogP contribution in [0.5, 0.6) is 0 Å². The first-order valence-electron chi connectivity index (χ1n) is 18.8. The molecule has 2 heterocycles. The molecule has 0 saturated carbocycles. The van der Waals surface area contributed by atoms with Crippen molar-refractivity contribution in [2.45, 2.75) is 0 Å². The van der Waals surface area contributed by atoms with Crippen LogP contribution < -0.4 is 0 Å². The Kier molecular flexibility index (Phi) is 8.47. The lowest BCUT2D eigenvalue weighted by Gasteiger charge is -2.16. The van der Waals surface area contributed by atoms with Gasteiger partial charge in [-0.25, -0.2) is 19.9 Å². The van der Waals surface area contributed by atoms with Crippen LogP contribution in [0.1, 0.15) is 0 Å². The number of benzene rings is 8. The summed E-state index contributed by atoms with van der Waals surface area (Å²) in [6.45, 7) is 0. The molecule has 2 aromatic heterocycles. The normalized spacial score (nSPS) is 11.2. The Labute approximate surface area is 325 Å². The van der Waals surface area contributed by atoms with E-state index in [-0.39, 0.29) is 0 Å². The topological polar surface area (TPSA) is 51.6 Å². The van der Waals surface area contributed by atoms with Crippen LogP contribution in [-0.2, 0) is 0 Å². The Bertz CT molecular complexity index is 2940. The minimum Gasteiger partial charge on any atom is -0.246 e. The Morgan fingerprint density at radius 2 is 0.661 bits per heavy atom. The molecule has 10 aromatic rings. The highest BCUT2D eigenvalue weighted by Gasteiger charge is 2.18. The van der Waals surface area contributed by atoms with Gasteiger partial charge in [0.1, 0.15) is 0 Å². The zero-order valence-corrected chi connectivity index (χ0v) is 30.4. The molecule has 0 N–H and O–H groups in total. The van der Waals surface area contributed by atoms with Crippen LogP contribution >= 0.6 is 0 Å². The maximum atomic E-state index is 5.48. The molecule has 0 radical (unpaired) electrons. The van der Waals surface area contributed by atoms with Gasteiger partial charge in [-0.1, -0.05) is 194 Å². The molecular weight excluding hydrogens is 681 g/mol. The van der Waals surface area contributed by atoms with E-state index in [1.807, 2.05) is 60.7 Å². The third-order valence-corrected chi connectivity index (χ3v) is 10.3. The summed E-state index contributed by atoms with van der Waals surface area (Å²) in [4.78, 5) is 20.4. The Morgan fingerprint density at radius 3 is 1.25 bits per heavy atom. The van der Waals surface area contributed by atoms with Crippen molar-refractivity contribution < 1.29 is 0 Å². The van der Waals surface area contributed by atoms with E-state index < -0.39 is 0 Å². The lowest BCUT2D eigenvalue weighted by molar-refractivity contribution is 1.07. The molecular formula is C52H34N4. The van der Waals surface area contributed by atoms with Crippen LogP contribution in [0.4, 0.5) is 0 Å². The van der Waals surface area contributed by atoms with Crippen LogP contribution in [0, 0.1) is 0 Å². The van der Waals surface area contributed by atoms with E-state index >= 15 is 0 Å². The number of pyridine rings is 1. The van der Waals surface area contributed by atoms with Crippen molar-refractivity contribution in [3.8, 4) is 78.8 Å². The maximum Gasteiger partial charge on any atom is 0.164 e. The summed E-state index contributed by atoms with van der Waals surface area (Å²) < 4.78 is 0. The first kappa shape index (κ1) is 33.0. The fraction of sp³-hybridized carbons (Fsp3) is 0. The van der Waals surface area contributed by atoms with E-state index in [2.05, 4.69) is 146 Å². The zero-order valence-electron chi connectivity index (χ0n) is 30.4. The maximum absolute atomic E-state index is 5.48. The first-order valence-corrected chi connectivity index (χ1v) is 18.8. The van der Waals surface area contributed by atoms with Gasteiger partial charge < -0.3 is 0 Å². The van der Waals surface area contributed by atoms with Gasteiger partial charge in [-0.3, -0.25) is 0 Å². The SMILES string of the molecule is c1ccc(-c2nc(-c3ccccc3)nc(-c3cccc(-c4cccc(-c5cccc6c5nc(-c5ccccc5)c5cccc(-c7ccccc7)c56)c4)c3)n2)cc1. The first-order chi connectivity index (χ1) is 27.8. The minimum absolute atomic E-state index is 0.628. The molecule has 0 unspecified atom stereocenters. The smallest absolute Gasteiger partial charge is 0.164 e. The second-order valence-corrected chi connectivity index (χ2v) is 13.8. The van der Waals surface area contributed by atoms with Gasteiger partial charge in [0, 0.05) is 44.0 Å². The molecule has 0 bridgehead atoms. The lowest BCUT2D eigenvalue weighted by Crippen LogP contribution is -2.00. The standard InChI is InChI=1S/C52H34N4/c1-5-17-35(18-6-1)43-29-15-31-45-47(43)46-32-16-30-44(49(46)53-48(45)36-19-7-2-8-20-36)41-27-13-25-39(33-41)40-26-14-28-42(34-40)52-55-50(37-21-9-3-10-22-37)54-51(56-52)38-23-11-4-12-24-38/h1-34H. The number of rotatable bonds is 7. The van der Waals surface area contributed by atoms with Gasteiger partial charge in [0.05, 0.1) is 11.2 Å². The number of nitrogens with zero attached hydrogens (tertiary/aromatic N) is 4. The molecule has 4 heteroatoms. The summed E-state index contributed by atoms with van der Waals surface area (Å²) in [5.74, 6) is 1.91. The molecule has 0 amide bonds. The summed E-state index contributed by atoms with van der Waals surface area (Å²) in [6, 6.07) is 71.7. The summed E-state index contributed by atoms with van der Waals surface area (Å²) >= 11 is 0. The average molecular weight is 715 g/mol. The summed E-state index contributed by atoms with van der Waals surface area (Å²) in [6.07, 6.45) is 0. The molecule has 0 aliphatic carbocycles. The molecule has 0 aliphatic heterocycles. The second kappa shape index (κ2) is 14.3. The van der Waals surface area contributed by atoms with Crippen LogP contribution in [0.25, 0.3) is 100 Å². The highest BCUT2D eigenvalue weighted by molar-refractivity contribution is 6.19. The van der Waals surface area contributed by atoms with Crippen molar-refractivity contribution in [3.05, 3.63) is 206 Å². The lowest BCUT2D eigenvalue weighted by atomic mass is 9.90. The summed E-state index contributed by atoms with van der Waals surface area (Å²) in [7, 11) is 0.